The number of nitro benzene ring substituents is 1. The lowest BCUT2D eigenvalue weighted by atomic mass is 10.1. The summed E-state index contributed by atoms with van der Waals surface area (Å²) in [5.41, 5.74) is -0.197. The van der Waals surface area contributed by atoms with Crippen LogP contribution in [-0.4, -0.2) is 40.8 Å². The van der Waals surface area contributed by atoms with E-state index in [1.807, 2.05) is 13.2 Å². The van der Waals surface area contributed by atoms with Gasteiger partial charge in [-0.15, -0.1) is 0 Å². The summed E-state index contributed by atoms with van der Waals surface area (Å²) < 4.78 is 0. The zero-order chi connectivity index (χ0) is 16.2. The standard InChI is InChI=1S/C13H16Cl2N2O3S/c1-4-8(7-21-3)16(2)13(18)10-5-9(17(19)20)6-11(14)12(10)15/h5-6,8H,4,7H2,1-3H3. The number of carbonyl (C=O) groups excluding carboxylic acids is 1. The molecule has 5 nitrogen and oxygen atoms in total. The highest BCUT2D eigenvalue weighted by Crippen LogP contribution is 2.32. The van der Waals surface area contributed by atoms with Gasteiger partial charge in [-0.25, -0.2) is 0 Å². The van der Waals surface area contributed by atoms with Gasteiger partial charge in [-0.05, 0) is 12.7 Å². The fourth-order valence-corrected chi connectivity index (χ4v) is 3.14. The Hall–Kier alpha value is -0.980. The van der Waals surface area contributed by atoms with Crippen molar-refractivity contribution in [2.75, 3.05) is 19.1 Å². The Morgan fingerprint density at radius 3 is 2.57 bits per heavy atom. The van der Waals surface area contributed by atoms with Gasteiger partial charge in [0.1, 0.15) is 0 Å². The lowest BCUT2D eigenvalue weighted by molar-refractivity contribution is -0.384. The maximum absolute atomic E-state index is 12.5. The first-order chi connectivity index (χ1) is 9.83. The van der Waals surface area contributed by atoms with Crippen LogP contribution in [0.5, 0.6) is 0 Å². The molecular formula is C13H16Cl2N2O3S. The van der Waals surface area contributed by atoms with Crippen molar-refractivity contribution < 1.29 is 9.72 Å². The van der Waals surface area contributed by atoms with E-state index < -0.39 is 4.92 Å². The van der Waals surface area contributed by atoms with Crippen molar-refractivity contribution in [2.45, 2.75) is 19.4 Å². The molecule has 0 heterocycles. The van der Waals surface area contributed by atoms with Crippen LogP contribution in [-0.2, 0) is 0 Å². The van der Waals surface area contributed by atoms with Crippen LogP contribution in [0.3, 0.4) is 0 Å². The molecule has 0 aliphatic carbocycles. The Morgan fingerprint density at radius 2 is 2.10 bits per heavy atom. The molecule has 1 rings (SSSR count). The maximum Gasteiger partial charge on any atom is 0.271 e. The third-order valence-corrected chi connectivity index (χ3v) is 4.67. The summed E-state index contributed by atoms with van der Waals surface area (Å²) >= 11 is 13.5. The molecule has 0 bridgehead atoms. The van der Waals surface area contributed by atoms with E-state index in [1.165, 1.54) is 6.07 Å². The number of nitrogens with zero attached hydrogens (tertiary/aromatic N) is 2. The minimum atomic E-state index is -0.599. The predicted molar refractivity (Wildman–Crippen MR) is 87.7 cm³/mol. The molecular weight excluding hydrogens is 335 g/mol. The Kier molecular flexibility index (Phi) is 6.77. The number of carbonyl (C=O) groups is 1. The first-order valence-corrected chi connectivity index (χ1v) is 8.37. The fourth-order valence-electron chi connectivity index (χ4n) is 1.89. The highest BCUT2D eigenvalue weighted by atomic mass is 35.5. The smallest absolute Gasteiger partial charge is 0.271 e. The van der Waals surface area contributed by atoms with Gasteiger partial charge < -0.3 is 4.90 Å². The van der Waals surface area contributed by atoms with Gasteiger partial charge in [0.2, 0.25) is 0 Å². The average molecular weight is 351 g/mol. The summed E-state index contributed by atoms with van der Waals surface area (Å²) in [6, 6.07) is 2.33. The molecule has 0 aliphatic rings. The van der Waals surface area contributed by atoms with Crippen molar-refractivity contribution in [3.05, 3.63) is 37.9 Å². The van der Waals surface area contributed by atoms with Crippen molar-refractivity contribution in [1.82, 2.24) is 4.90 Å². The number of amides is 1. The number of rotatable bonds is 6. The van der Waals surface area contributed by atoms with E-state index in [2.05, 4.69) is 0 Å². The van der Waals surface area contributed by atoms with E-state index in [9.17, 15) is 14.9 Å². The summed E-state index contributed by atoms with van der Waals surface area (Å²) in [6.45, 7) is 1.98. The second-order valence-electron chi connectivity index (χ2n) is 4.48. The number of halogens is 2. The number of nitro groups is 1. The maximum atomic E-state index is 12.5. The molecule has 0 saturated heterocycles. The van der Waals surface area contributed by atoms with Crippen LogP contribution in [0.15, 0.2) is 12.1 Å². The molecule has 1 aromatic rings. The van der Waals surface area contributed by atoms with Crippen LogP contribution in [0.25, 0.3) is 0 Å². The normalized spacial score (nSPS) is 12.0. The van der Waals surface area contributed by atoms with E-state index in [-0.39, 0.29) is 33.2 Å². The van der Waals surface area contributed by atoms with Gasteiger partial charge >= 0.3 is 0 Å². The highest BCUT2D eigenvalue weighted by molar-refractivity contribution is 7.98. The Bertz CT molecular complexity index is 554. The van der Waals surface area contributed by atoms with Crippen molar-refractivity contribution in [2.24, 2.45) is 0 Å². The van der Waals surface area contributed by atoms with E-state index in [0.717, 1.165) is 18.2 Å². The van der Waals surface area contributed by atoms with Crippen LogP contribution in [0.4, 0.5) is 5.69 Å². The molecule has 0 N–H and O–H groups in total. The molecule has 1 atom stereocenters. The third kappa shape index (κ3) is 4.25. The lowest BCUT2D eigenvalue weighted by Gasteiger charge is -2.27. The zero-order valence-electron chi connectivity index (χ0n) is 11.9. The minimum absolute atomic E-state index is 0.000492. The summed E-state index contributed by atoms with van der Waals surface area (Å²) in [5.74, 6) is 0.408. The monoisotopic (exact) mass is 350 g/mol. The van der Waals surface area contributed by atoms with Gasteiger partial charge in [0, 0.05) is 31.0 Å². The highest BCUT2D eigenvalue weighted by Gasteiger charge is 2.25. The van der Waals surface area contributed by atoms with Gasteiger partial charge in [-0.3, -0.25) is 14.9 Å². The van der Waals surface area contributed by atoms with Gasteiger partial charge in [-0.1, -0.05) is 30.1 Å². The average Bonchev–Trinajstić information content (AvgIpc) is 2.45. The fraction of sp³-hybridized carbons (Fsp3) is 0.462. The number of non-ortho nitro benzene ring substituents is 1. The van der Waals surface area contributed by atoms with Gasteiger partial charge in [0.25, 0.3) is 11.6 Å². The van der Waals surface area contributed by atoms with E-state index in [4.69, 9.17) is 23.2 Å². The molecule has 0 aromatic heterocycles. The molecule has 0 spiro atoms. The van der Waals surface area contributed by atoms with Crippen LogP contribution >= 0.6 is 35.0 Å². The predicted octanol–water partition coefficient (Wildman–Crippen LogP) is 4.12. The topological polar surface area (TPSA) is 63.5 Å². The van der Waals surface area contributed by atoms with Crippen molar-refractivity contribution in [3.8, 4) is 0 Å². The van der Waals surface area contributed by atoms with E-state index >= 15 is 0 Å². The molecule has 0 aliphatic heterocycles. The summed E-state index contributed by atoms with van der Waals surface area (Å²) in [6.07, 6.45) is 2.74. The van der Waals surface area contributed by atoms with Crippen molar-refractivity contribution in [1.29, 1.82) is 0 Å². The largest absolute Gasteiger partial charge is 0.338 e. The Balaban J connectivity index is 3.19. The zero-order valence-corrected chi connectivity index (χ0v) is 14.3. The van der Waals surface area contributed by atoms with Crippen LogP contribution < -0.4 is 0 Å². The third-order valence-electron chi connectivity index (χ3n) is 3.15. The second-order valence-corrected chi connectivity index (χ2v) is 6.18. The first kappa shape index (κ1) is 18.1. The minimum Gasteiger partial charge on any atom is -0.338 e. The Labute approximate surface area is 137 Å². The Morgan fingerprint density at radius 1 is 1.48 bits per heavy atom. The summed E-state index contributed by atoms with van der Waals surface area (Å²) in [7, 11) is 1.66. The van der Waals surface area contributed by atoms with Gasteiger partial charge in [-0.2, -0.15) is 11.8 Å². The molecule has 0 fully saturated rings. The molecule has 21 heavy (non-hydrogen) atoms. The number of hydrogen-bond acceptors (Lipinski definition) is 4. The molecule has 0 radical (unpaired) electrons. The van der Waals surface area contributed by atoms with Gasteiger partial charge in [0.15, 0.2) is 0 Å². The quantitative estimate of drug-likeness (QED) is 0.571. The molecule has 8 heteroatoms. The summed E-state index contributed by atoms with van der Waals surface area (Å²) in [4.78, 5) is 24.4. The van der Waals surface area contributed by atoms with E-state index in [1.54, 1.807) is 23.7 Å². The summed E-state index contributed by atoms with van der Waals surface area (Å²) in [5, 5.41) is 10.9. The van der Waals surface area contributed by atoms with Gasteiger partial charge in [0.05, 0.1) is 20.5 Å². The van der Waals surface area contributed by atoms with Crippen LogP contribution in [0, 0.1) is 10.1 Å². The van der Waals surface area contributed by atoms with Crippen molar-refractivity contribution in [3.63, 3.8) is 0 Å². The number of hydrogen-bond donors (Lipinski definition) is 0. The van der Waals surface area contributed by atoms with E-state index in [0.29, 0.717) is 0 Å². The molecule has 1 unspecified atom stereocenters. The second kappa shape index (κ2) is 7.87. The molecule has 1 aromatic carbocycles. The lowest BCUT2D eigenvalue weighted by Crippen LogP contribution is -2.38. The molecule has 116 valence electrons. The molecule has 1 amide bonds. The van der Waals surface area contributed by atoms with Crippen LogP contribution in [0.1, 0.15) is 23.7 Å². The number of benzene rings is 1. The first-order valence-electron chi connectivity index (χ1n) is 6.23. The number of thioether (sulfide) groups is 1. The SMILES string of the molecule is CCC(CSC)N(C)C(=O)c1cc([N+](=O)[O-])cc(Cl)c1Cl. The molecule has 0 saturated carbocycles. The van der Waals surface area contributed by atoms with Crippen molar-refractivity contribution >= 4 is 46.6 Å². The van der Waals surface area contributed by atoms with Crippen LogP contribution in [0.2, 0.25) is 10.0 Å².